The standard InChI is InChI=1S/C21H12F3N2OP/c22-21(23,24)20(27)15-11-18(13-25)28(19(12-15)14-26,16-7-3-1-4-8-16)17-9-5-2-6-10-17/h1-12H. The van der Waals surface area contributed by atoms with E-state index in [4.69, 9.17) is 0 Å². The van der Waals surface area contributed by atoms with Crippen LogP contribution in [-0.2, 0) is 4.79 Å². The summed E-state index contributed by atoms with van der Waals surface area (Å²) in [6, 6.07) is 21.4. The molecule has 3 nitrogen and oxygen atoms in total. The van der Waals surface area contributed by atoms with Crippen LogP contribution in [0.25, 0.3) is 0 Å². The number of carbonyl (C=O) groups is 1. The van der Waals surface area contributed by atoms with Crippen LogP contribution in [0.3, 0.4) is 0 Å². The fraction of sp³-hybridized carbons (Fsp3) is 0.0476. The third kappa shape index (κ3) is 3.09. The van der Waals surface area contributed by atoms with Gasteiger partial charge in [0.05, 0.1) is 10.6 Å². The maximum Gasteiger partial charge on any atom is 0.454 e. The number of halogens is 3. The van der Waals surface area contributed by atoms with Crippen LogP contribution in [0.4, 0.5) is 13.2 Å². The molecule has 0 amide bonds. The Morgan fingerprint density at radius 3 is 1.71 bits per heavy atom. The highest BCUT2D eigenvalue weighted by molar-refractivity contribution is 7.93. The van der Waals surface area contributed by atoms with Crippen molar-refractivity contribution in [1.82, 2.24) is 0 Å². The first-order chi connectivity index (χ1) is 13.4. The SMILES string of the molecule is N#CC1=CC(C(=O)C(F)(F)F)=CC(C#N)=P1(c1ccccc1)c1ccccc1. The molecule has 0 bridgehead atoms. The molecule has 0 spiro atoms. The summed E-state index contributed by atoms with van der Waals surface area (Å²) in [7, 11) is 0. The molecular formula is C21H12F3N2OP. The molecule has 3 rings (SSSR count). The zero-order valence-corrected chi connectivity index (χ0v) is 15.2. The van der Waals surface area contributed by atoms with Crippen LogP contribution in [0.2, 0.25) is 0 Å². The van der Waals surface area contributed by atoms with Gasteiger partial charge >= 0.3 is 6.18 Å². The number of allylic oxidation sites excluding steroid dienone is 4. The van der Waals surface area contributed by atoms with Gasteiger partial charge in [0, 0.05) is 12.5 Å². The molecule has 2 aromatic rings. The van der Waals surface area contributed by atoms with Gasteiger partial charge in [-0.15, -0.1) is 0 Å². The number of alkyl halides is 3. The monoisotopic (exact) mass is 396 g/mol. The number of nitrogens with zero attached hydrogens (tertiary/aromatic N) is 2. The Morgan fingerprint density at radius 2 is 1.32 bits per heavy atom. The van der Waals surface area contributed by atoms with Crippen molar-refractivity contribution in [2.45, 2.75) is 6.18 Å². The molecule has 0 N–H and O–H groups in total. The lowest BCUT2D eigenvalue weighted by atomic mass is 10.1. The molecule has 0 aliphatic carbocycles. The van der Waals surface area contributed by atoms with E-state index >= 15 is 0 Å². The number of nitriles is 2. The summed E-state index contributed by atoms with van der Waals surface area (Å²) >= 11 is 0. The first-order valence-electron chi connectivity index (χ1n) is 8.09. The Morgan fingerprint density at radius 1 is 0.821 bits per heavy atom. The van der Waals surface area contributed by atoms with Crippen LogP contribution in [0.1, 0.15) is 0 Å². The first kappa shape index (κ1) is 19.4. The second-order valence-electron chi connectivity index (χ2n) is 5.91. The highest BCUT2D eigenvalue weighted by Gasteiger charge is 2.43. The molecule has 1 heterocycles. The van der Waals surface area contributed by atoms with Crippen molar-refractivity contribution < 1.29 is 18.0 Å². The van der Waals surface area contributed by atoms with Crippen molar-refractivity contribution in [3.05, 3.63) is 83.7 Å². The minimum Gasteiger partial charge on any atom is -0.284 e. The van der Waals surface area contributed by atoms with Gasteiger partial charge in [0.25, 0.3) is 5.78 Å². The zero-order valence-electron chi connectivity index (χ0n) is 14.3. The zero-order chi connectivity index (χ0) is 20.4. The number of benzene rings is 2. The van der Waals surface area contributed by atoms with Crippen molar-refractivity contribution >= 4 is 28.6 Å². The quantitative estimate of drug-likeness (QED) is 0.741. The van der Waals surface area contributed by atoms with Gasteiger partial charge in [0.15, 0.2) is 0 Å². The predicted molar refractivity (Wildman–Crippen MR) is 103 cm³/mol. The van der Waals surface area contributed by atoms with E-state index < -0.39 is 24.4 Å². The van der Waals surface area contributed by atoms with Crippen molar-refractivity contribution in [3.63, 3.8) is 0 Å². The van der Waals surface area contributed by atoms with Crippen LogP contribution >= 0.6 is 6.89 Å². The van der Waals surface area contributed by atoms with E-state index in [1.807, 2.05) is 12.1 Å². The number of ketones is 1. The smallest absolute Gasteiger partial charge is 0.284 e. The molecule has 2 aromatic carbocycles. The van der Waals surface area contributed by atoms with Gasteiger partial charge in [0.2, 0.25) is 0 Å². The van der Waals surface area contributed by atoms with Gasteiger partial charge < -0.3 is 0 Å². The molecule has 0 aromatic heterocycles. The van der Waals surface area contributed by atoms with E-state index in [9.17, 15) is 28.5 Å². The van der Waals surface area contributed by atoms with Gasteiger partial charge in [-0.3, -0.25) is 4.79 Å². The average Bonchev–Trinajstić information content (AvgIpc) is 2.72. The Hall–Kier alpha value is -3.34. The van der Waals surface area contributed by atoms with Gasteiger partial charge in [-0.2, -0.15) is 23.7 Å². The van der Waals surface area contributed by atoms with Gasteiger partial charge in [0.1, 0.15) is 12.1 Å². The second-order valence-corrected chi connectivity index (χ2v) is 9.24. The molecule has 0 atom stereocenters. The van der Waals surface area contributed by atoms with Crippen LogP contribution in [0.5, 0.6) is 0 Å². The number of carbonyl (C=O) groups excluding carboxylic acids is 1. The van der Waals surface area contributed by atoms with Crippen molar-refractivity contribution in [2.75, 3.05) is 0 Å². The Labute approximate surface area is 159 Å². The molecule has 0 saturated heterocycles. The summed E-state index contributed by atoms with van der Waals surface area (Å²) in [4.78, 5) is 11.8. The van der Waals surface area contributed by atoms with E-state index in [2.05, 4.69) is 0 Å². The summed E-state index contributed by atoms with van der Waals surface area (Å²) < 4.78 is 38.8. The largest absolute Gasteiger partial charge is 0.454 e. The lowest BCUT2D eigenvalue weighted by Gasteiger charge is -2.31. The normalized spacial score (nSPS) is 15.7. The van der Waals surface area contributed by atoms with Crippen molar-refractivity contribution in [1.29, 1.82) is 10.5 Å². The maximum atomic E-state index is 12.9. The number of Topliss-reactive ketones (excluding diaryl/α,β-unsaturated/α-hetero) is 1. The van der Waals surface area contributed by atoms with E-state index in [1.165, 1.54) is 0 Å². The molecular weight excluding hydrogens is 384 g/mol. The Kier molecular flexibility index (Phi) is 5.10. The lowest BCUT2D eigenvalue weighted by molar-refractivity contribution is -0.166. The molecule has 0 radical (unpaired) electrons. The van der Waals surface area contributed by atoms with Crippen LogP contribution < -0.4 is 10.6 Å². The maximum absolute atomic E-state index is 12.9. The van der Waals surface area contributed by atoms with Gasteiger partial charge in [-0.1, -0.05) is 60.7 Å². The Bertz CT molecular complexity index is 1090. The van der Waals surface area contributed by atoms with E-state index in [-0.39, 0.29) is 10.6 Å². The lowest BCUT2D eigenvalue weighted by Crippen LogP contribution is -2.28. The van der Waals surface area contributed by atoms with E-state index in [0.29, 0.717) is 10.6 Å². The molecule has 28 heavy (non-hydrogen) atoms. The molecule has 7 heteroatoms. The van der Waals surface area contributed by atoms with E-state index in [0.717, 1.165) is 12.2 Å². The highest BCUT2D eigenvalue weighted by atomic mass is 31.2. The molecule has 138 valence electrons. The fourth-order valence-electron chi connectivity index (χ4n) is 3.18. The molecule has 0 unspecified atom stereocenters. The highest BCUT2D eigenvalue weighted by Crippen LogP contribution is 2.56. The third-order valence-corrected chi connectivity index (χ3v) is 8.39. The molecule has 0 saturated carbocycles. The first-order valence-corrected chi connectivity index (χ1v) is 9.88. The average molecular weight is 396 g/mol. The van der Waals surface area contributed by atoms with Crippen LogP contribution in [0, 0.1) is 22.7 Å². The molecule has 1 aliphatic rings. The number of rotatable bonds is 3. The number of hydrogen-bond acceptors (Lipinski definition) is 3. The second kappa shape index (κ2) is 7.35. The molecule has 1 aliphatic heterocycles. The summed E-state index contributed by atoms with van der Waals surface area (Å²) in [6.45, 7) is -2.99. The predicted octanol–water partition coefficient (Wildman–Crippen LogP) is 3.83. The molecule has 0 fully saturated rings. The van der Waals surface area contributed by atoms with Crippen molar-refractivity contribution in [3.8, 4) is 12.1 Å². The summed E-state index contributed by atoms with van der Waals surface area (Å²) in [5, 5.41) is 20.9. The third-order valence-electron chi connectivity index (χ3n) is 4.34. The minimum atomic E-state index is -5.10. The Balaban J connectivity index is 2.48. The summed E-state index contributed by atoms with van der Waals surface area (Å²) in [5.41, 5.74) is -0.705. The van der Waals surface area contributed by atoms with Crippen LogP contribution in [0.15, 0.2) is 83.7 Å². The van der Waals surface area contributed by atoms with Crippen molar-refractivity contribution in [2.24, 2.45) is 0 Å². The van der Waals surface area contributed by atoms with E-state index in [1.54, 1.807) is 60.7 Å². The number of hydrogen-bond donors (Lipinski definition) is 0. The fourth-order valence-corrected chi connectivity index (χ4v) is 7.05. The summed E-state index contributed by atoms with van der Waals surface area (Å²) in [5.74, 6) is -2.08. The topological polar surface area (TPSA) is 64.7 Å². The minimum absolute atomic E-state index is 0.0171. The summed E-state index contributed by atoms with van der Waals surface area (Å²) in [6.07, 6.45) is -3.14. The van der Waals surface area contributed by atoms with Gasteiger partial charge in [-0.25, -0.2) is 0 Å². The van der Waals surface area contributed by atoms with Gasteiger partial charge in [-0.05, 0) is 22.8 Å². The van der Waals surface area contributed by atoms with Crippen LogP contribution in [-0.4, -0.2) is 17.3 Å².